The van der Waals surface area contributed by atoms with Crippen LogP contribution in [-0.4, -0.2) is 13.1 Å². The van der Waals surface area contributed by atoms with Gasteiger partial charge in [0.05, 0.1) is 0 Å². The average Bonchev–Trinajstić information content (AvgIpc) is 2.92. The van der Waals surface area contributed by atoms with Crippen molar-refractivity contribution in [2.75, 3.05) is 11.9 Å². The molecule has 0 heterocycles. The van der Waals surface area contributed by atoms with E-state index in [9.17, 15) is 0 Å². The Morgan fingerprint density at radius 1 is 0.657 bits per heavy atom. The number of benzene rings is 5. The Kier molecular flexibility index (Phi) is 6.88. The van der Waals surface area contributed by atoms with Gasteiger partial charge in [-0.25, -0.2) is 0 Å². The minimum atomic E-state index is 0.283. The number of hydrogen-bond acceptors (Lipinski definition) is 1. The molecule has 0 fully saturated rings. The van der Waals surface area contributed by atoms with Crippen LogP contribution in [0.3, 0.4) is 0 Å². The molecule has 0 spiro atoms. The van der Waals surface area contributed by atoms with Gasteiger partial charge >= 0.3 is 0 Å². The molecule has 35 heavy (non-hydrogen) atoms. The van der Waals surface area contributed by atoms with Gasteiger partial charge in [0.15, 0.2) is 0 Å². The van der Waals surface area contributed by atoms with E-state index in [0.717, 1.165) is 11.4 Å². The highest BCUT2D eigenvalue weighted by atomic mass is 35.5. The van der Waals surface area contributed by atoms with Crippen LogP contribution < -0.4 is 4.90 Å². The van der Waals surface area contributed by atoms with Crippen LogP contribution in [0.1, 0.15) is 24.0 Å². The highest BCUT2D eigenvalue weighted by molar-refractivity contribution is 6.30. The van der Waals surface area contributed by atoms with Crippen molar-refractivity contribution in [3.8, 4) is 11.1 Å². The Morgan fingerprint density at radius 2 is 1.29 bits per heavy atom. The van der Waals surface area contributed by atoms with Crippen LogP contribution in [0.25, 0.3) is 21.9 Å². The molecule has 5 rings (SSSR count). The van der Waals surface area contributed by atoms with Gasteiger partial charge in [0, 0.05) is 29.7 Å². The molecule has 2 unspecified atom stereocenters. The van der Waals surface area contributed by atoms with E-state index in [1.165, 1.54) is 38.7 Å². The van der Waals surface area contributed by atoms with Crippen LogP contribution in [0.5, 0.6) is 0 Å². The van der Waals surface area contributed by atoms with E-state index in [-0.39, 0.29) is 6.04 Å². The summed E-state index contributed by atoms with van der Waals surface area (Å²) in [5, 5.41) is 3.31. The summed E-state index contributed by atoms with van der Waals surface area (Å²) in [6, 6.07) is 43.5. The van der Waals surface area contributed by atoms with Gasteiger partial charge in [-0.05, 0) is 70.6 Å². The van der Waals surface area contributed by atoms with Crippen molar-refractivity contribution in [1.82, 2.24) is 0 Å². The van der Waals surface area contributed by atoms with Crippen LogP contribution in [-0.2, 0) is 6.42 Å². The average molecular weight is 476 g/mol. The summed E-state index contributed by atoms with van der Waals surface area (Å²) in [5.41, 5.74) is 6.37. The quantitative estimate of drug-likeness (QED) is 0.227. The Morgan fingerprint density at radius 3 is 2.00 bits per heavy atom. The van der Waals surface area contributed by atoms with Gasteiger partial charge in [-0.2, -0.15) is 0 Å². The molecule has 0 radical (unpaired) electrons. The van der Waals surface area contributed by atoms with E-state index in [0.29, 0.717) is 5.92 Å². The molecule has 174 valence electrons. The SMILES string of the molecule is CC(C(Cc1ccc(-c2ccccc2)cc1)c1ccc(Cl)cc1)N(C)c1ccc2ccccc2c1. The number of rotatable bonds is 7. The van der Waals surface area contributed by atoms with Gasteiger partial charge < -0.3 is 4.90 Å². The molecule has 0 aromatic heterocycles. The normalized spacial score (nSPS) is 12.9. The molecule has 0 saturated heterocycles. The zero-order valence-corrected chi connectivity index (χ0v) is 21.0. The molecular weight excluding hydrogens is 446 g/mol. The van der Waals surface area contributed by atoms with Gasteiger partial charge in [-0.1, -0.05) is 109 Å². The van der Waals surface area contributed by atoms with E-state index in [4.69, 9.17) is 11.6 Å². The van der Waals surface area contributed by atoms with Gasteiger partial charge in [0.2, 0.25) is 0 Å². The maximum atomic E-state index is 6.24. The molecule has 5 aromatic rings. The molecule has 1 nitrogen and oxygen atoms in total. The Bertz CT molecular complexity index is 1390. The predicted octanol–water partition coefficient (Wildman–Crippen LogP) is 9.01. The number of anilines is 1. The second-order valence-corrected chi connectivity index (χ2v) is 9.74. The summed E-state index contributed by atoms with van der Waals surface area (Å²) in [6.07, 6.45) is 0.954. The molecule has 0 bridgehead atoms. The number of fused-ring (bicyclic) bond motifs is 1. The Hall–Kier alpha value is -3.55. The highest BCUT2D eigenvalue weighted by Gasteiger charge is 2.24. The van der Waals surface area contributed by atoms with E-state index < -0.39 is 0 Å². The van der Waals surface area contributed by atoms with Crippen LogP contribution >= 0.6 is 11.6 Å². The van der Waals surface area contributed by atoms with E-state index >= 15 is 0 Å². The highest BCUT2D eigenvalue weighted by Crippen LogP contribution is 2.32. The number of nitrogens with zero attached hydrogens (tertiary/aromatic N) is 1. The maximum absolute atomic E-state index is 6.24. The van der Waals surface area contributed by atoms with Crippen molar-refractivity contribution in [2.45, 2.75) is 25.3 Å². The minimum absolute atomic E-state index is 0.283. The number of halogens is 1. The van der Waals surface area contributed by atoms with Gasteiger partial charge in [0.25, 0.3) is 0 Å². The van der Waals surface area contributed by atoms with Gasteiger partial charge in [0.1, 0.15) is 0 Å². The summed E-state index contributed by atoms with van der Waals surface area (Å²) in [7, 11) is 2.20. The van der Waals surface area contributed by atoms with Crippen molar-refractivity contribution in [2.24, 2.45) is 0 Å². The molecule has 0 aliphatic carbocycles. The molecule has 0 N–H and O–H groups in total. The largest absolute Gasteiger partial charge is 0.371 e. The molecule has 2 heteroatoms. The topological polar surface area (TPSA) is 3.24 Å². The fourth-order valence-electron chi connectivity index (χ4n) is 4.90. The maximum Gasteiger partial charge on any atom is 0.0406 e. The predicted molar refractivity (Wildman–Crippen MR) is 152 cm³/mol. The zero-order chi connectivity index (χ0) is 24.2. The second kappa shape index (κ2) is 10.4. The van der Waals surface area contributed by atoms with Crippen LogP contribution in [0.2, 0.25) is 5.02 Å². The molecule has 5 aromatic carbocycles. The number of likely N-dealkylation sites (N-methyl/N-ethyl adjacent to an activating group) is 1. The van der Waals surface area contributed by atoms with Crippen molar-refractivity contribution in [3.63, 3.8) is 0 Å². The lowest BCUT2D eigenvalue weighted by Crippen LogP contribution is -2.35. The third-order valence-electron chi connectivity index (χ3n) is 7.15. The monoisotopic (exact) mass is 475 g/mol. The molecule has 0 amide bonds. The molecule has 0 aliphatic rings. The van der Waals surface area contributed by atoms with E-state index in [1.807, 2.05) is 12.1 Å². The second-order valence-electron chi connectivity index (χ2n) is 9.31. The lowest BCUT2D eigenvalue weighted by molar-refractivity contribution is 0.540. The standard InChI is InChI=1S/C33H30ClN/c1-24(35(2)32-21-18-27-10-6-7-11-30(27)23-32)33(29-16-19-31(34)20-17-29)22-25-12-14-28(15-13-25)26-8-4-3-5-9-26/h3-21,23-24,33H,22H2,1-2H3. The lowest BCUT2D eigenvalue weighted by atomic mass is 9.85. The molecular formula is C33H30ClN. The minimum Gasteiger partial charge on any atom is -0.371 e. The first kappa shape index (κ1) is 23.2. The van der Waals surface area contributed by atoms with E-state index in [2.05, 4.69) is 128 Å². The molecule has 2 atom stereocenters. The third kappa shape index (κ3) is 5.26. The molecule has 0 aliphatic heterocycles. The van der Waals surface area contributed by atoms with Crippen molar-refractivity contribution in [1.29, 1.82) is 0 Å². The van der Waals surface area contributed by atoms with Crippen molar-refractivity contribution in [3.05, 3.63) is 137 Å². The first-order valence-electron chi connectivity index (χ1n) is 12.2. The fourth-order valence-corrected chi connectivity index (χ4v) is 5.02. The van der Waals surface area contributed by atoms with Crippen LogP contribution in [0, 0.1) is 0 Å². The van der Waals surface area contributed by atoms with Crippen molar-refractivity contribution < 1.29 is 0 Å². The Balaban J connectivity index is 1.44. The Labute approximate surface area is 213 Å². The van der Waals surface area contributed by atoms with Crippen molar-refractivity contribution >= 4 is 28.1 Å². The van der Waals surface area contributed by atoms with Crippen LogP contribution in [0.15, 0.2) is 121 Å². The van der Waals surface area contributed by atoms with E-state index in [1.54, 1.807) is 0 Å². The smallest absolute Gasteiger partial charge is 0.0406 e. The lowest BCUT2D eigenvalue weighted by Gasteiger charge is -2.34. The van der Waals surface area contributed by atoms with Gasteiger partial charge in [-0.15, -0.1) is 0 Å². The fraction of sp³-hybridized carbons (Fsp3) is 0.152. The summed E-state index contributed by atoms with van der Waals surface area (Å²) < 4.78 is 0. The summed E-state index contributed by atoms with van der Waals surface area (Å²) in [5.74, 6) is 0.311. The number of hydrogen-bond donors (Lipinski definition) is 0. The summed E-state index contributed by atoms with van der Waals surface area (Å²) in [6.45, 7) is 2.33. The summed E-state index contributed by atoms with van der Waals surface area (Å²) in [4.78, 5) is 2.41. The summed E-state index contributed by atoms with van der Waals surface area (Å²) >= 11 is 6.24. The van der Waals surface area contributed by atoms with Crippen LogP contribution in [0.4, 0.5) is 5.69 Å². The molecule has 0 saturated carbocycles. The first-order chi connectivity index (χ1) is 17.1. The van der Waals surface area contributed by atoms with Gasteiger partial charge in [-0.3, -0.25) is 0 Å². The first-order valence-corrected chi connectivity index (χ1v) is 12.6. The third-order valence-corrected chi connectivity index (χ3v) is 7.40. The zero-order valence-electron chi connectivity index (χ0n) is 20.2.